The van der Waals surface area contributed by atoms with Crippen LogP contribution in [0.2, 0.25) is 0 Å². The average Bonchev–Trinajstić information content (AvgIpc) is 2.03. The molecule has 0 radical (unpaired) electrons. The molecule has 0 fully saturated rings. The van der Waals surface area contributed by atoms with Gasteiger partial charge in [0.15, 0.2) is 0 Å². The largest absolute Gasteiger partial charge is 0.192 e. The molecule has 2 heteroatoms. The van der Waals surface area contributed by atoms with Gasteiger partial charge in [-0.2, -0.15) is 10.2 Å². The molecule has 0 saturated carbocycles. The van der Waals surface area contributed by atoms with Gasteiger partial charge in [-0.3, -0.25) is 0 Å². The minimum atomic E-state index is 0.741. The molecule has 0 aliphatic rings. The zero-order valence-corrected chi connectivity index (χ0v) is 6.70. The van der Waals surface area contributed by atoms with E-state index in [0.29, 0.717) is 0 Å². The Morgan fingerprint density at radius 1 is 1.27 bits per heavy atom. The Morgan fingerprint density at radius 3 is 2.45 bits per heavy atom. The van der Waals surface area contributed by atoms with Crippen molar-refractivity contribution in [3.8, 4) is 0 Å². The van der Waals surface area contributed by atoms with Gasteiger partial charge in [0.25, 0.3) is 0 Å². The zero-order chi connectivity index (χ0) is 8.53. The van der Waals surface area contributed by atoms with E-state index in [4.69, 9.17) is 0 Å². The number of azo groups is 1. The first-order valence-electron chi connectivity index (χ1n) is 3.26. The zero-order valence-electron chi connectivity index (χ0n) is 6.70. The fourth-order valence-corrected chi connectivity index (χ4v) is 0.490. The molecule has 0 aromatic rings. The van der Waals surface area contributed by atoms with Crippen LogP contribution in [0.1, 0.15) is 0 Å². The van der Waals surface area contributed by atoms with Gasteiger partial charge >= 0.3 is 0 Å². The Labute approximate surface area is 67.3 Å². The molecule has 0 aliphatic heterocycles. The van der Waals surface area contributed by atoms with E-state index < -0.39 is 0 Å². The van der Waals surface area contributed by atoms with Gasteiger partial charge in [0.2, 0.25) is 0 Å². The van der Waals surface area contributed by atoms with Crippen molar-refractivity contribution in [2.75, 3.05) is 7.05 Å². The standard InChI is InChI=1S/C9H12N2/c1-4-6-7-8-9(5-2)11-10-3/h4-8H,1-2H2,3H3/b7-6-,9-8+,11-10?. The van der Waals surface area contributed by atoms with E-state index in [1.807, 2.05) is 18.2 Å². The van der Waals surface area contributed by atoms with Crippen LogP contribution in [0.15, 0.2) is 59.5 Å². The maximum atomic E-state index is 3.80. The molecule has 0 spiro atoms. The molecule has 58 valence electrons. The van der Waals surface area contributed by atoms with Gasteiger partial charge in [-0.1, -0.05) is 31.4 Å². The molecule has 0 unspecified atom stereocenters. The molecule has 11 heavy (non-hydrogen) atoms. The van der Waals surface area contributed by atoms with Crippen LogP contribution in [-0.4, -0.2) is 7.05 Å². The highest BCUT2D eigenvalue weighted by Crippen LogP contribution is 1.98. The average molecular weight is 148 g/mol. The topological polar surface area (TPSA) is 24.7 Å². The first kappa shape index (κ1) is 9.56. The first-order chi connectivity index (χ1) is 5.35. The monoisotopic (exact) mass is 148 g/mol. The third-order valence-corrected chi connectivity index (χ3v) is 0.939. The second-order valence-electron chi connectivity index (χ2n) is 1.72. The van der Waals surface area contributed by atoms with Gasteiger partial charge in [0.1, 0.15) is 0 Å². The van der Waals surface area contributed by atoms with Crippen molar-refractivity contribution in [1.82, 2.24) is 0 Å². The van der Waals surface area contributed by atoms with Crippen LogP contribution in [0.4, 0.5) is 0 Å². The van der Waals surface area contributed by atoms with Gasteiger partial charge in [-0.25, -0.2) is 0 Å². The summed E-state index contributed by atoms with van der Waals surface area (Å²) in [5.41, 5.74) is 0.741. The van der Waals surface area contributed by atoms with E-state index in [9.17, 15) is 0 Å². The summed E-state index contributed by atoms with van der Waals surface area (Å²) in [4.78, 5) is 0. The molecule has 2 nitrogen and oxygen atoms in total. The maximum Gasteiger partial charge on any atom is 0.0846 e. The Hall–Kier alpha value is -1.44. The van der Waals surface area contributed by atoms with E-state index in [1.165, 1.54) is 0 Å². The molecule has 0 aliphatic carbocycles. The smallest absolute Gasteiger partial charge is 0.0846 e. The van der Waals surface area contributed by atoms with Crippen molar-refractivity contribution in [1.29, 1.82) is 0 Å². The highest BCUT2D eigenvalue weighted by Gasteiger charge is 1.80. The van der Waals surface area contributed by atoms with Crippen molar-refractivity contribution >= 4 is 0 Å². The molecular weight excluding hydrogens is 136 g/mol. The Bertz CT molecular complexity index is 210. The molecule has 0 aromatic carbocycles. The van der Waals surface area contributed by atoms with E-state index in [-0.39, 0.29) is 0 Å². The van der Waals surface area contributed by atoms with Crippen molar-refractivity contribution in [2.45, 2.75) is 0 Å². The van der Waals surface area contributed by atoms with E-state index in [1.54, 1.807) is 19.2 Å². The SMILES string of the molecule is C=C/C=C\C=C(/C=C)N=NC. The molecule has 0 aromatic heterocycles. The van der Waals surface area contributed by atoms with Gasteiger partial charge in [0, 0.05) is 7.05 Å². The minimum Gasteiger partial charge on any atom is -0.192 e. The fraction of sp³-hybridized carbons (Fsp3) is 0.111. The Morgan fingerprint density at radius 2 is 2.00 bits per heavy atom. The van der Waals surface area contributed by atoms with E-state index >= 15 is 0 Å². The lowest BCUT2D eigenvalue weighted by molar-refractivity contribution is 1.12. The Balaban J connectivity index is 4.22. The summed E-state index contributed by atoms with van der Waals surface area (Å²) < 4.78 is 0. The van der Waals surface area contributed by atoms with Crippen LogP contribution in [-0.2, 0) is 0 Å². The Kier molecular flexibility index (Phi) is 5.80. The summed E-state index contributed by atoms with van der Waals surface area (Å²) in [6.45, 7) is 7.11. The third kappa shape index (κ3) is 5.03. The van der Waals surface area contributed by atoms with Gasteiger partial charge < -0.3 is 0 Å². The lowest BCUT2D eigenvalue weighted by atomic mass is 10.3. The fourth-order valence-electron chi connectivity index (χ4n) is 0.490. The first-order valence-corrected chi connectivity index (χ1v) is 3.26. The molecule has 0 heterocycles. The van der Waals surface area contributed by atoms with Gasteiger partial charge in [-0.05, 0) is 12.2 Å². The summed E-state index contributed by atoms with van der Waals surface area (Å²) in [5, 5.41) is 7.41. The number of rotatable bonds is 4. The number of allylic oxidation sites excluding steroid dienone is 5. The normalized spacial score (nSPS) is 12.6. The summed E-state index contributed by atoms with van der Waals surface area (Å²) in [6.07, 6.45) is 8.79. The second kappa shape index (κ2) is 6.68. The van der Waals surface area contributed by atoms with Crippen molar-refractivity contribution < 1.29 is 0 Å². The molecule has 0 N–H and O–H groups in total. The molecule has 0 atom stereocenters. The number of hydrogen-bond acceptors (Lipinski definition) is 2. The number of nitrogens with zero attached hydrogens (tertiary/aromatic N) is 2. The lowest BCUT2D eigenvalue weighted by Gasteiger charge is -1.85. The molecular formula is C9H12N2. The number of hydrogen-bond donors (Lipinski definition) is 0. The summed E-state index contributed by atoms with van der Waals surface area (Å²) in [6, 6.07) is 0. The minimum absolute atomic E-state index is 0.741. The summed E-state index contributed by atoms with van der Waals surface area (Å²) >= 11 is 0. The van der Waals surface area contributed by atoms with E-state index in [2.05, 4.69) is 23.4 Å². The van der Waals surface area contributed by atoms with Gasteiger partial charge in [-0.15, -0.1) is 0 Å². The highest BCUT2D eigenvalue weighted by atomic mass is 15.1. The summed E-state index contributed by atoms with van der Waals surface area (Å²) in [5.74, 6) is 0. The quantitative estimate of drug-likeness (QED) is 0.432. The van der Waals surface area contributed by atoms with E-state index in [0.717, 1.165) is 5.70 Å². The maximum absolute atomic E-state index is 3.80. The van der Waals surface area contributed by atoms with Crippen molar-refractivity contribution in [3.05, 3.63) is 49.2 Å². The van der Waals surface area contributed by atoms with Crippen LogP contribution in [0.3, 0.4) is 0 Å². The van der Waals surface area contributed by atoms with Crippen molar-refractivity contribution in [3.63, 3.8) is 0 Å². The molecule has 0 saturated heterocycles. The third-order valence-electron chi connectivity index (χ3n) is 0.939. The van der Waals surface area contributed by atoms with Crippen molar-refractivity contribution in [2.24, 2.45) is 10.2 Å². The molecule has 0 rings (SSSR count). The van der Waals surface area contributed by atoms with Crippen LogP contribution in [0.25, 0.3) is 0 Å². The highest BCUT2D eigenvalue weighted by molar-refractivity contribution is 5.21. The molecule has 0 amide bonds. The molecule has 0 bridgehead atoms. The van der Waals surface area contributed by atoms with Crippen LogP contribution >= 0.6 is 0 Å². The van der Waals surface area contributed by atoms with Crippen LogP contribution in [0.5, 0.6) is 0 Å². The predicted octanol–water partition coefficient (Wildman–Crippen LogP) is 2.88. The predicted molar refractivity (Wildman–Crippen MR) is 48.4 cm³/mol. The second-order valence-corrected chi connectivity index (χ2v) is 1.72. The summed E-state index contributed by atoms with van der Waals surface area (Å²) in [7, 11) is 1.62. The van der Waals surface area contributed by atoms with Crippen LogP contribution in [0, 0.1) is 0 Å². The van der Waals surface area contributed by atoms with Gasteiger partial charge in [0.05, 0.1) is 5.70 Å². The van der Waals surface area contributed by atoms with Crippen LogP contribution < -0.4 is 0 Å². The lowest BCUT2D eigenvalue weighted by Crippen LogP contribution is -1.66.